The fraction of sp³-hybridized carbons (Fsp3) is 0.250. The molecular formula is C20H19N3O. The maximum absolute atomic E-state index is 6.07. The van der Waals surface area contributed by atoms with Crippen LogP contribution in [0.1, 0.15) is 24.1 Å². The number of rotatable bonds is 3. The molecule has 4 heteroatoms. The van der Waals surface area contributed by atoms with E-state index in [1.54, 1.807) is 0 Å². The lowest BCUT2D eigenvalue weighted by Crippen LogP contribution is -2.04. The Kier molecular flexibility index (Phi) is 3.08. The molecule has 0 amide bonds. The van der Waals surface area contributed by atoms with Gasteiger partial charge < -0.3 is 10.1 Å². The molecule has 1 saturated carbocycles. The van der Waals surface area contributed by atoms with Crippen LogP contribution in [0.5, 0.6) is 5.75 Å². The summed E-state index contributed by atoms with van der Waals surface area (Å²) in [5.41, 5.74) is 5.59. The van der Waals surface area contributed by atoms with Crippen molar-refractivity contribution in [3.63, 3.8) is 0 Å². The Morgan fingerprint density at radius 3 is 2.75 bits per heavy atom. The Morgan fingerprint density at radius 1 is 1.04 bits per heavy atom. The van der Waals surface area contributed by atoms with E-state index in [2.05, 4.69) is 46.4 Å². The second-order valence-electron chi connectivity index (χ2n) is 6.57. The van der Waals surface area contributed by atoms with Crippen LogP contribution in [0, 0.1) is 0 Å². The van der Waals surface area contributed by atoms with Gasteiger partial charge in [-0.05, 0) is 25.0 Å². The highest BCUT2D eigenvalue weighted by Crippen LogP contribution is 2.32. The summed E-state index contributed by atoms with van der Waals surface area (Å²) in [6.45, 7) is 1.31. The van der Waals surface area contributed by atoms with Gasteiger partial charge in [-0.25, -0.2) is 0 Å². The van der Waals surface area contributed by atoms with Crippen LogP contribution in [0.2, 0.25) is 0 Å². The minimum absolute atomic E-state index is 0.555. The molecule has 0 saturated heterocycles. The Morgan fingerprint density at radius 2 is 1.92 bits per heavy atom. The van der Waals surface area contributed by atoms with Gasteiger partial charge in [-0.3, -0.25) is 4.68 Å². The van der Waals surface area contributed by atoms with Crippen molar-refractivity contribution >= 4 is 5.69 Å². The fourth-order valence-corrected chi connectivity index (χ4v) is 3.14. The topological polar surface area (TPSA) is 39.1 Å². The lowest BCUT2D eigenvalue weighted by molar-refractivity contribution is 0.302. The molecule has 1 aliphatic heterocycles. The normalized spacial score (nSPS) is 15.8. The monoisotopic (exact) mass is 317 g/mol. The van der Waals surface area contributed by atoms with Crippen molar-refractivity contribution in [3.8, 4) is 17.0 Å². The molecule has 5 rings (SSSR count). The van der Waals surface area contributed by atoms with Crippen LogP contribution < -0.4 is 10.1 Å². The summed E-state index contributed by atoms with van der Waals surface area (Å²) >= 11 is 0. The molecule has 0 bridgehead atoms. The highest BCUT2D eigenvalue weighted by Gasteiger charge is 2.22. The molecule has 2 heterocycles. The smallest absolute Gasteiger partial charge is 0.130 e. The summed E-state index contributed by atoms with van der Waals surface area (Å²) in [4.78, 5) is 0. The van der Waals surface area contributed by atoms with Crippen molar-refractivity contribution in [2.75, 3.05) is 5.32 Å². The van der Waals surface area contributed by atoms with Crippen LogP contribution in [0.25, 0.3) is 11.3 Å². The average Bonchev–Trinajstić information content (AvgIpc) is 3.37. The van der Waals surface area contributed by atoms with Gasteiger partial charge in [-0.15, -0.1) is 0 Å². The van der Waals surface area contributed by atoms with E-state index in [0.717, 1.165) is 34.9 Å². The number of hydrogen-bond acceptors (Lipinski definition) is 3. The number of anilines is 1. The summed E-state index contributed by atoms with van der Waals surface area (Å²) in [5.74, 6) is 0.965. The zero-order valence-corrected chi connectivity index (χ0v) is 13.4. The third-order valence-electron chi connectivity index (χ3n) is 4.64. The lowest BCUT2D eigenvalue weighted by atomic mass is 10.1. The predicted molar refractivity (Wildman–Crippen MR) is 94.2 cm³/mol. The summed E-state index contributed by atoms with van der Waals surface area (Å²) in [6, 6.07) is 19.5. The standard InChI is InChI=1S/C20H19N3O/c1-2-4-14(5-3-1)19-11-18-13-24-20-10-17(21-16-8-9-16)7-6-15(20)12-23(18)22-19/h1-7,10-11,16,21H,8-9,12-13H2. The highest BCUT2D eigenvalue weighted by atomic mass is 16.5. The zero-order valence-electron chi connectivity index (χ0n) is 13.4. The molecule has 1 aliphatic carbocycles. The quantitative estimate of drug-likeness (QED) is 0.791. The first-order chi connectivity index (χ1) is 11.8. The van der Waals surface area contributed by atoms with Crippen molar-refractivity contribution in [1.82, 2.24) is 9.78 Å². The Bertz CT molecular complexity index is 881. The van der Waals surface area contributed by atoms with E-state index in [9.17, 15) is 0 Å². The lowest BCUT2D eigenvalue weighted by Gasteiger charge is -2.10. The molecule has 2 aliphatic rings. The molecule has 120 valence electrons. The highest BCUT2D eigenvalue weighted by molar-refractivity contribution is 5.59. The summed E-state index contributed by atoms with van der Waals surface area (Å²) < 4.78 is 8.12. The van der Waals surface area contributed by atoms with Gasteiger partial charge in [0.25, 0.3) is 0 Å². The number of nitrogens with zero attached hydrogens (tertiary/aromatic N) is 2. The van der Waals surface area contributed by atoms with Gasteiger partial charge in [0.15, 0.2) is 0 Å². The Labute approximate surface area is 141 Å². The van der Waals surface area contributed by atoms with E-state index in [0.29, 0.717) is 12.6 Å². The third-order valence-corrected chi connectivity index (χ3v) is 4.64. The van der Waals surface area contributed by atoms with Gasteiger partial charge in [-0.1, -0.05) is 36.4 Å². The number of aromatic nitrogens is 2. The SMILES string of the molecule is c1ccc(-c2cc3n(n2)Cc2ccc(NC4CC4)cc2OC3)cc1. The first kappa shape index (κ1) is 13.7. The molecule has 1 fully saturated rings. The predicted octanol–water partition coefficient (Wildman–Crippen LogP) is 4.07. The number of fused-ring (bicyclic) bond motifs is 2. The largest absolute Gasteiger partial charge is 0.487 e. The average molecular weight is 317 g/mol. The molecule has 0 unspecified atom stereocenters. The fourth-order valence-electron chi connectivity index (χ4n) is 3.14. The van der Waals surface area contributed by atoms with Gasteiger partial charge in [-0.2, -0.15) is 5.10 Å². The van der Waals surface area contributed by atoms with Crippen LogP contribution in [-0.4, -0.2) is 15.8 Å². The second kappa shape index (κ2) is 5.41. The summed E-state index contributed by atoms with van der Waals surface area (Å²) in [5, 5.41) is 8.31. The molecule has 3 aromatic rings. The Balaban J connectivity index is 1.45. The van der Waals surface area contributed by atoms with Gasteiger partial charge >= 0.3 is 0 Å². The molecule has 2 aromatic carbocycles. The molecule has 1 aromatic heterocycles. The number of nitrogens with one attached hydrogen (secondary N) is 1. The van der Waals surface area contributed by atoms with Crippen molar-refractivity contribution < 1.29 is 4.74 Å². The van der Waals surface area contributed by atoms with E-state index >= 15 is 0 Å². The van der Waals surface area contributed by atoms with Gasteiger partial charge in [0, 0.05) is 28.9 Å². The molecule has 24 heavy (non-hydrogen) atoms. The molecule has 0 spiro atoms. The molecule has 4 nitrogen and oxygen atoms in total. The second-order valence-corrected chi connectivity index (χ2v) is 6.57. The van der Waals surface area contributed by atoms with Crippen LogP contribution >= 0.6 is 0 Å². The van der Waals surface area contributed by atoms with E-state index in [-0.39, 0.29) is 0 Å². The Hall–Kier alpha value is -2.75. The summed E-state index contributed by atoms with van der Waals surface area (Å²) in [6.07, 6.45) is 2.55. The molecular weight excluding hydrogens is 298 g/mol. The number of benzene rings is 2. The van der Waals surface area contributed by atoms with E-state index in [1.165, 1.54) is 18.4 Å². The van der Waals surface area contributed by atoms with E-state index in [4.69, 9.17) is 9.84 Å². The van der Waals surface area contributed by atoms with Gasteiger partial charge in [0.2, 0.25) is 0 Å². The first-order valence-electron chi connectivity index (χ1n) is 8.49. The van der Waals surface area contributed by atoms with Crippen LogP contribution in [0.3, 0.4) is 0 Å². The maximum atomic E-state index is 6.07. The molecule has 1 N–H and O–H groups in total. The van der Waals surface area contributed by atoms with Crippen molar-refractivity contribution in [2.24, 2.45) is 0 Å². The molecule has 0 radical (unpaired) electrons. The zero-order chi connectivity index (χ0) is 15.9. The van der Waals surface area contributed by atoms with E-state index in [1.807, 2.05) is 18.2 Å². The van der Waals surface area contributed by atoms with Gasteiger partial charge in [0.05, 0.1) is 17.9 Å². The van der Waals surface area contributed by atoms with E-state index < -0.39 is 0 Å². The summed E-state index contributed by atoms with van der Waals surface area (Å²) in [7, 11) is 0. The maximum Gasteiger partial charge on any atom is 0.130 e. The first-order valence-corrected chi connectivity index (χ1v) is 8.49. The molecule has 0 atom stereocenters. The van der Waals surface area contributed by atoms with Gasteiger partial charge in [0.1, 0.15) is 12.4 Å². The minimum atomic E-state index is 0.555. The number of ether oxygens (including phenoxy) is 1. The van der Waals surface area contributed by atoms with Crippen molar-refractivity contribution in [1.29, 1.82) is 0 Å². The van der Waals surface area contributed by atoms with Crippen LogP contribution in [-0.2, 0) is 13.2 Å². The third kappa shape index (κ3) is 2.54. The minimum Gasteiger partial charge on any atom is -0.487 e. The van der Waals surface area contributed by atoms with Crippen molar-refractivity contribution in [2.45, 2.75) is 32.0 Å². The van der Waals surface area contributed by atoms with Crippen LogP contribution in [0.4, 0.5) is 5.69 Å². The van der Waals surface area contributed by atoms with Crippen molar-refractivity contribution in [3.05, 3.63) is 65.9 Å². The van der Waals surface area contributed by atoms with Crippen LogP contribution in [0.15, 0.2) is 54.6 Å². The number of hydrogen-bond donors (Lipinski definition) is 1.